The molecule has 1 aliphatic heterocycles. The van der Waals surface area contributed by atoms with E-state index >= 15 is 0 Å². The Hall–Kier alpha value is -2.49. The van der Waals surface area contributed by atoms with Crippen molar-refractivity contribution in [2.75, 3.05) is 5.32 Å². The van der Waals surface area contributed by atoms with Gasteiger partial charge in [-0.1, -0.05) is 12.1 Å². The Morgan fingerprint density at radius 2 is 2.05 bits per heavy atom. The molecule has 2 aromatic carbocycles. The fourth-order valence-electron chi connectivity index (χ4n) is 2.35. The smallest absolute Gasteiger partial charge is 0.228 e. The molecule has 20 heavy (non-hydrogen) atoms. The van der Waals surface area contributed by atoms with Gasteiger partial charge in [-0.2, -0.15) is 0 Å². The summed E-state index contributed by atoms with van der Waals surface area (Å²) >= 11 is 0. The predicted molar refractivity (Wildman–Crippen MR) is 73.3 cm³/mol. The van der Waals surface area contributed by atoms with Gasteiger partial charge in [-0.05, 0) is 42.3 Å². The highest BCUT2D eigenvalue weighted by atomic mass is 19.1. The van der Waals surface area contributed by atoms with Gasteiger partial charge in [-0.3, -0.25) is 9.59 Å². The first kappa shape index (κ1) is 12.5. The largest absolute Gasteiger partial charge is 0.326 e. The summed E-state index contributed by atoms with van der Waals surface area (Å²) in [6.07, 6.45) is 0.257. The van der Waals surface area contributed by atoms with Gasteiger partial charge in [0.25, 0.3) is 0 Å². The highest BCUT2D eigenvalue weighted by Gasteiger charge is 2.21. The normalized spacial score (nSPS) is 13.0. The maximum absolute atomic E-state index is 14.0. The van der Waals surface area contributed by atoms with Crippen molar-refractivity contribution < 1.29 is 14.0 Å². The first-order valence-electron chi connectivity index (χ1n) is 6.29. The van der Waals surface area contributed by atoms with Crippen LogP contribution >= 0.6 is 0 Å². The van der Waals surface area contributed by atoms with Crippen molar-refractivity contribution in [1.29, 1.82) is 0 Å². The van der Waals surface area contributed by atoms with Gasteiger partial charge in [0, 0.05) is 11.3 Å². The lowest BCUT2D eigenvalue weighted by molar-refractivity contribution is -0.115. The fraction of sp³-hybridized carbons (Fsp3) is 0.125. The molecule has 1 amide bonds. The van der Waals surface area contributed by atoms with Crippen LogP contribution in [-0.4, -0.2) is 11.7 Å². The van der Waals surface area contributed by atoms with E-state index < -0.39 is 5.82 Å². The zero-order valence-corrected chi connectivity index (χ0v) is 10.9. The Morgan fingerprint density at radius 1 is 1.25 bits per heavy atom. The molecular formula is C16H12FNO2. The third kappa shape index (κ3) is 1.99. The predicted octanol–water partition coefficient (Wildman–Crippen LogP) is 2.86. The maximum atomic E-state index is 14.0. The van der Waals surface area contributed by atoms with Crippen LogP contribution < -0.4 is 5.32 Å². The zero-order chi connectivity index (χ0) is 14.3. The van der Waals surface area contributed by atoms with Crippen LogP contribution in [0.4, 0.5) is 10.1 Å². The number of ketones is 1. The van der Waals surface area contributed by atoms with Crippen molar-refractivity contribution >= 4 is 17.4 Å². The van der Waals surface area contributed by atoms with E-state index in [-0.39, 0.29) is 23.7 Å². The Bertz CT molecular complexity index is 737. The summed E-state index contributed by atoms with van der Waals surface area (Å²) < 4.78 is 14.0. The topological polar surface area (TPSA) is 46.2 Å². The number of fused-ring (bicyclic) bond motifs is 1. The van der Waals surface area contributed by atoms with E-state index in [1.54, 1.807) is 37.3 Å². The molecule has 0 saturated heterocycles. The lowest BCUT2D eigenvalue weighted by atomic mass is 9.98. The highest BCUT2D eigenvalue weighted by molar-refractivity contribution is 6.10. The van der Waals surface area contributed by atoms with E-state index in [2.05, 4.69) is 5.32 Å². The van der Waals surface area contributed by atoms with Gasteiger partial charge in [0.2, 0.25) is 5.91 Å². The summed E-state index contributed by atoms with van der Waals surface area (Å²) in [4.78, 5) is 23.6. The van der Waals surface area contributed by atoms with Gasteiger partial charge in [0.15, 0.2) is 5.78 Å². The molecule has 0 radical (unpaired) electrons. The Morgan fingerprint density at radius 3 is 2.85 bits per heavy atom. The van der Waals surface area contributed by atoms with Crippen LogP contribution in [0.15, 0.2) is 36.4 Å². The van der Waals surface area contributed by atoms with Gasteiger partial charge in [-0.25, -0.2) is 4.39 Å². The number of amides is 1. The molecule has 0 fully saturated rings. The average molecular weight is 269 g/mol. The molecule has 1 heterocycles. The standard InChI is InChI=1S/C16H12FNO2/c1-9-3-2-4-12(15(9)17)16(20)10-5-6-13-11(7-10)8-14(19)18-13/h2-7H,8H2,1H3,(H,18,19). The average Bonchev–Trinajstić information content (AvgIpc) is 2.80. The van der Waals surface area contributed by atoms with Gasteiger partial charge < -0.3 is 5.32 Å². The van der Waals surface area contributed by atoms with E-state index in [0.717, 1.165) is 11.3 Å². The Labute approximate surface area is 115 Å². The summed E-state index contributed by atoms with van der Waals surface area (Å²) in [7, 11) is 0. The number of benzene rings is 2. The van der Waals surface area contributed by atoms with Gasteiger partial charge in [0.1, 0.15) is 5.82 Å². The molecule has 1 N–H and O–H groups in total. The number of hydrogen-bond donors (Lipinski definition) is 1. The van der Waals surface area contributed by atoms with Crippen LogP contribution in [0.3, 0.4) is 0 Å². The van der Waals surface area contributed by atoms with Crippen molar-refractivity contribution in [3.8, 4) is 0 Å². The van der Waals surface area contributed by atoms with E-state index in [0.29, 0.717) is 11.1 Å². The Balaban J connectivity index is 2.02. The number of carbonyl (C=O) groups excluding carboxylic acids is 2. The Kier molecular flexibility index (Phi) is 2.86. The second-order valence-electron chi connectivity index (χ2n) is 4.86. The molecular weight excluding hydrogens is 257 g/mol. The minimum Gasteiger partial charge on any atom is -0.326 e. The summed E-state index contributed by atoms with van der Waals surface area (Å²) in [5.41, 5.74) is 2.38. The van der Waals surface area contributed by atoms with E-state index in [1.807, 2.05) is 0 Å². The van der Waals surface area contributed by atoms with Crippen LogP contribution in [0, 0.1) is 12.7 Å². The molecule has 4 heteroatoms. The molecule has 0 aromatic heterocycles. The molecule has 1 aliphatic rings. The third-order valence-electron chi connectivity index (χ3n) is 3.43. The van der Waals surface area contributed by atoms with Crippen LogP contribution in [0.5, 0.6) is 0 Å². The molecule has 0 atom stereocenters. The number of anilines is 1. The van der Waals surface area contributed by atoms with Crippen LogP contribution in [0.1, 0.15) is 27.0 Å². The minimum atomic E-state index is -0.493. The molecule has 2 aromatic rings. The lowest BCUT2D eigenvalue weighted by Gasteiger charge is -2.06. The van der Waals surface area contributed by atoms with E-state index in [9.17, 15) is 14.0 Å². The number of hydrogen-bond acceptors (Lipinski definition) is 2. The molecule has 0 saturated carbocycles. The van der Waals surface area contributed by atoms with Crippen LogP contribution in [-0.2, 0) is 11.2 Å². The molecule has 0 spiro atoms. The molecule has 0 aliphatic carbocycles. The minimum absolute atomic E-state index is 0.0576. The van der Waals surface area contributed by atoms with Gasteiger partial charge in [0.05, 0.1) is 12.0 Å². The first-order chi connectivity index (χ1) is 9.56. The maximum Gasteiger partial charge on any atom is 0.228 e. The number of carbonyl (C=O) groups is 2. The van der Waals surface area contributed by atoms with Crippen molar-refractivity contribution in [3.05, 3.63) is 64.5 Å². The number of halogens is 1. The fourth-order valence-corrected chi connectivity index (χ4v) is 2.35. The van der Waals surface area contributed by atoms with Gasteiger partial charge >= 0.3 is 0 Å². The van der Waals surface area contributed by atoms with Crippen molar-refractivity contribution in [3.63, 3.8) is 0 Å². The lowest BCUT2D eigenvalue weighted by Crippen LogP contribution is -2.05. The monoisotopic (exact) mass is 269 g/mol. The summed E-state index contributed by atoms with van der Waals surface area (Å²) in [6, 6.07) is 9.69. The first-order valence-corrected chi connectivity index (χ1v) is 6.29. The number of nitrogens with one attached hydrogen (secondary N) is 1. The van der Waals surface area contributed by atoms with Crippen molar-refractivity contribution in [2.45, 2.75) is 13.3 Å². The molecule has 0 bridgehead atoms. The van der Waals surface area contributed by atoms with Crippen molar-refractivity contribution in [1.82, 2.24) is 0 Å². The third-order valence-corrected chi connectivity index (χ3v) is 3.43. The second kappa shape index (κ2) is 4.56. The second-order valence-corrected chi connectivity index (χ2v) is 4.86. The number of aryl methyl sites for hydroxylation is 1. The number of rotatable bonds is 2. The van der Waals surface area contributed by atoms with Crippen LogP contribution in [0.2, 0.25) is 0 Å². The summed E-state index contributed by atoms with van der Waals surface area (Å²) in [6.45, 7) is 1.62. The quantitative estimate of drug-likeness (QED) is 0.852. The van der Waals surface area contributed by atoms with E-state index in [4.69, 9.17) is 0 Å². The van der Waals surface area contributed by atoms with E-state index in [1.165, 1.54) is 6.07 Å². The molecule has 3 rings (SSSR count). The van der Waals surface area contributed by atoms with Gasteiger partial charge in [-0.15, -0.1) is 0 Å². The van der Waals surface area contributed by atoms with Crippen LogP contribution in [0.25, 0.3) is 0 Å². The molecule has 100 valence electrons. The zero-order valence-electron chi connectivity index (χ0n) is 10.9. The highest BCUT2D eigenvalue weighted by Crippen LogP contribution is 2.25. The molecule has 3 nitrogen and oxygen atoms in total. The summed E-state index contributed by atoms with van der Waals surface area (Å²) in [5.74, 6) is -0.952. The summed E-state index contributed by atoms with van der Waals surface area (Å²) in [5, 5.41) is 2.70. The van der Waals surface area contributed by atoms with Crippen molar-refractivity contribution in [2.24, 2.45) is 0 Å². The SMILES string of the molecule is Cc1cccc(C(=O)c2ccc3c(c2)CC(=O)N3)c1F. The molecule has 0 unspecified atom stereocenters.